The van der Waals surface area contributed by atoms with Gasteiger partial charge in [-0.25, -0.2) is 9.69 Å². The quantitative estimate of drug-likeness (QED) is 0.228. The lowest BCUT2D eigenvalue weighted by Gasteiger charge is -2.44. The number of likely N-dealkylation sites (tertiary alicyclic amines) is 1. The molecule has 1 aliphatic heterocycles. The second kappa shape index (κ2) is 9.55. The van der Waals surface area contributed by atoms with Crippen molar-refractivity contribution in [2.75, 3.05) is 6.54 Å². The van der Waals surface area contributed by atoms with E-state index in [4.69, 9.17) is 39.5 Å². The first-order valence-corrected chi connectivity index (χ1v) is 12.4. The number of azide groups is 1. The monoisotopic (exact) mass is 534 g/mol. The van der Waals surface area contributed by atoms with E-state index in [0.29, 0.717) is 21.5 Å². The Labute approximate surface area is 218 Å². The lowest BCUT2D eigenvalue weighted by Crippen LogP contribution is -2.48. The van der Waals surface area contributed by atoms with Gasteiger partial charge in [0, 0.05) is 32.4 Å². The van der Waals surface area contributed by atoms with E-state index >= 15 is 0 Å². The summed E-state index contributed by atoms with van der Waals surface area (Å²) in [5, 5.41) is 5.66. The van der Waals surface area contributed by atoms with Crippen molar-refractivity contribution in [1.82, 2.24) is 4.90 Å². The van der Waals surface area contributed by atoms with E-state index in [1.165, 1.54) is 0 Å². The Hall–Kier alpha value is -2.44. The molecule has 2 aromatic rings. The van der Waals surface area contributed by atoms with Crippen LogP contribution in [0.3, 0.4) is 0 Å². The zero-order chi connectivity index (χ0) is 25.5. The van der Waals surface area contributed by atoms with Crippen LogP contribution in [0.1, 0.15) is 56.6 Å². The molecule has 0 N–H and O–H groups in total. The molecule has 2 aromatic carbocycles. The van der Waals surface area contributed by atoms with Gasteiger partial charge >= 0.3 is 6.09 Å². The van der Waals surface area contributed by atoms with Crippen molar-refractivity contribution >= 4 is 46.8 Å². The highest BCUT2D eigenvalue weighted by Crippen LogP contribution is 2.57. The maximum absolute atomic E-state index is 13.7. The summed E-state index contributed by atoms with van der Waals surface area (Å²) in [6.45, 7) is 5.26. The largest absolute Gasteiger partial charge is 0.443 e. The number of halogens is 3. The molecule has 4 atom stereocenters. The van der Waals surface area contributed by atoms with Crippen molar-refractivity contribution in [3.8, 4) is 0 Å². The van der Waals surface area contributed by atoms with Crippen LogP contribution in [-0.2, 0) is 9.53 Å². The van der Waals surface area contributed by atoms with E-state index in [-0.39, 0.29) is 24.8 Å². The summed E-state index contributed by atoms with van der Waals surface area (Å²) in [5.41, 5.74) is 9.05. The standard InChI is InChI=1S/C25H25Cl3N4O3/c1-24(2,3)35-23(34)32-13-19-21(14-4-6-15(26)7-5-14)18(17-9-8-16(27)12-20(17)28)10-11-25(19,22(32)33)30-31-29/h4-9,12,18-19,21H,10-11,13H2,1-3H3/t18-,19-,21-,25-/m0/s1. The fraction of sp³-hybridized carbons (Fsp3) is 0.440. The highest BCUT2D eigenvalue weighted by Gasteiger charge is 2.62. The van der Waals surface area contributed by atoms with Crippen LogP contribution in [0.5, 0.6) is 0 Å². The Bertz CT molecular complexity index is 1210. The molecular weight excluding hydrogens is 511 g/mol. The molecule has 1 heterocycles. The van der Waals surface area contributed by atoms with Crippen LogP contribution in [0, 0.1) is 5.92 Å². The molecule has 0 radical (unpaired) electrons. The van der Waals surface area contributed by atoms with Crippen molar-refractivity contribution < 1.29 is 14.3 Å². The molecule has 10 heteroatoms. The molecule has 1 saturated heterocycles. The number of hydrogen-bond acceptors (Lipinski definition) is 4. The Morgan fingerprint density at radius 3 is 2.40 bits per heavy atom. The Morgan fingerprint density at radius 1 is 1.14 bits per heavy atom. The zero-order valence-electron chi connectivity index (χ0n) is 19.5. The van der Waals surface area contributed by atoms with E-state index in [1.54, 1.807) is 45.0 Å². The van der Waals surface area contributed by atoms with Gasteiger partial charge in [-0.3, -0.25) is 4.79 Å². The van der Waals surface area contributed by atoms with Crippen LogP contribution in [0.25, 0.3) is 10.4 Å². The van der Waals surface area contributed by atoms with Gasteiger partial charge in [0.2, 0.25) is 5.91 Å². The van der Waals surface area contributed by atoms with Crippen molar-refractivity contribution in [3.63, 3.8) is 0 Å². The van der Waals surface area contributed by atoms with Crippen LogP contribution in [-0.4, -0.2) is 34.6 Å². The number of hydrogen-bond donors (Lipinski definition) is 0. The third-order valence-electron chi connectivity index (χ3n) is 6.77. The summed E-state index contributed by atoms with van der Waals surface area (Å²) in [7, 11) is 0. The van der Waals surface area contributed by atoms with Gasteiger partial charge in [0.05, 0.1) is 0 Å². The number of benzene rings is 2. The number of nitrogens with zero attached hydrogens (tertiary/aromatic N) is 4. The van der Waals surface area contributed by atoms with E-state index in [1.807, 2.05) is 18.2 Å². The minimum absolute atomic E-state index is 0.0573. The average Bonchev–Trinajstić information content (AvgIpc) is 3.06. The first-order chi connectivity index (χ1) is 16.5. The van der Waals surface area contributed by atoms with Gasteiger partial charge < -0.3 is 4.74 Å². The number of ether oxygens (including phenoxy) is 1. The summed E-state index contributed by atoms with van der Waals surface area (Å²) < 4.78 is 5.50. The molecule has 1 saturated carbocycles. The molecule has 0 bridgehead atoms. The van der Waals surface area contributed by atoms with Crippen molar-refractivity contribution in [2.24, 2.45) is 11.0 Å². The molecule has 0 aromatic heterocycles. The Morgan fingerprint density at radius 2 is 1.80 bits per heavy atom. The van der Waals surface area contributed by atoms with Crippen molar-refractivity contribution in [1.29, 1.82) is 0 Å². The summed E-state index contributed by atoms with van der Waals surface area (Å²) in [6.07, 6.45) is 0.0337. The summed E-state index contributed by atoms with van der Waals surface area (Å²) in [6, 6.07) is 12.7. The Kier molecular flexibility index (Phi) is 7.00. The highest BCUT2D eigenvalue weighted by atomic mass is 35.5. The fourth-order valence-corrected chi connectivity index (χ4v) is 6.06. The van der Waals surface area contributed by atoms with Crippen molar-refractivity contribution in [2.45, 2.75) is 56.6 Å². The van der Waals surface area contributed by atoms with Gasteiger partial charge in [-0.15, -0.1) is 0 Å². The predicted octanol–water partition coefficient (Wildman–Crippen LogP) is 7.75. The van der Waals surface area contributed by atoms with Crippen LogP contribution in [0.15, 0.2) is 47.6 Å². The van der Waals surface area contributed by atoms with Gasteiger partial charge in [0.1, 0.15) is 11.1 Å². The highest BCUT2D eigenvalue weighted by molar-refractivity contribution is 6.35. The molecule has 2 amide bonds. The number of imide groups is 1. The minimum atomic E-state index is -1.41. The van der Waals surface area contributed by atoms with E-state index < -0.39 is 29.1 Å². The molecule has 1 aliphatic carbocycles. The summed E-state index contributed by atoms with van der Waals surface area (Å²) in [5.74, 6) is -1.43. The first kappa shape index (κ1) is 25.6. The average molecular weight is 536 g/mol. The number of carbonyl (C=O) groups excluding carboxylic acids is 2. The number of carbonyl (C=O) groups is 2. The van der Waals surface area contributed by atoms with E-state index in [2.05, 4.69) is 10.0 Å². The third kappa shape index (κ3) is 4.83. The molecule has 184 valence electrons. The van der Waals surface area contributed by atoms with E-state index in [9.17, 15) is 15.1 Å². The van der Waals surface area contributed by atoms with Crippen LogP contribution in [0.4, 0.5) is 4.79 Å². The number of fused-ring (bicyclic) bond motifs is 1. The van der Waals surface area contributed by atoms with Gasteiger partial charge in [0.25, 0.3) is 0 Å². The SMILES string of the molecule is CC(C)(C)OC(=O)N1C[C@H]2[C@@H](c3ccc(Cl)cc3)[C@H](c3ccc(Cl)cc3Cl)CC[C@@]2(N=[N+]=[N-])C1=O. The molecular formula is C25H25Cl3N4O3. The molecule has 0 spiro atoms. The molecule has 2 fully saturated rings. The van der Waals surface area contributed by atoms with Gasteiger partial charge in [-0.2, -0.15) is 0 Å². The lowest BCUT2D eigenvalue weighted by molar-refractivity contribution is -0.132. The van der Waals surface area contributed by atoms with Gasteiger partial charge in [0.15, 0.2) is 0 Å². The fourth-order valence-electron chi connectivity index (χ4n) is 5.38. The second-order valence-corrected chi connectivity index (χ2v) is 11.3. The maximum atomic E-state index is 13.7. The Balaban J connectivity index is 1.85. The maximum Gasteiger partial charge on any atom is 0.417 e. The normalized spacial score (nSPS) is 26.2. The van der Waals surface area contributed by atoms with Crippen LogP contribution in [0.2, 0.25) is 15.1 Å². The second-order valence-electron chi connectivity index (χ2n) is 10.0. The summed E-state index contributed by atoms with van der Waals surface area (Å²) >= 11 is 18.9. The molecule has 2 aliphatic rings. The molecule has 35 heavy (non-hydrogen) atoms. The minimum Gasteiger partial charge on any atom is -0.443 e. The summed E-state index contributed by atoms with van der Waals surface area (Å²) in [4.78, 5) is 30.8. The lowest BCUT2D eigenvalue weighted by atomic mass is 9.60. The first-order valence-electron chi connectivity index (χ1n) is 11.3. The molecule has 4 rings (SSSR count). The van der Waals surface area contributed by atoms with Gasteiger partial charge in [-0.05, 0) is 86.4 Å². The number of rotatable bonds is 3. The molecule has 0 unspecified atom stereocenters. The van der Waals surface area contributed by atoms with E-state index in [0.717, 1.165) is 16.0 Å². The van der Waals surface area contributed by atoms with Crippen LogP contribution < -0.4 is 0 Å². The smallest absolute Gasteiger partial charge is 0.417 e. The zero-order valence-corrected chi connectivity index (χ0v) is 21.8. The third-order valence-corrected chi connectivity index (χ3v) is 7.58. The predicted molar refractivity (Wildman–Crippen MR) is 136 cm³/mol. The van der Waals surface area contributed by atoms with Crippen LogP contribution >= 0.6 is 34.8 Å². The number of amides is 2. The molecule has 7 nitrogen and oxygen atoms in total. The van der Waals surface area contributed by atoms with Gasteiger partial charge in [-0.1, -0.05) is 58.1 Å². The van der Waals surface area contributed by atoms with Crippen molar-refractivity contribution in [3.05, 3.63) is 79.1 Å². The topological polar surface area (TPSA) is 95.4 Å².